The van der Waals surface area contributed by atoms with Gasteiger partial charge in [0.25, 0.3) is 0 Å². The summed E-state index contributed by atoms with van der Waals surface area (Å²) in [6.07, 6.45) is 0. The van der Waals surface area contributed by atoms with E-state index in [9.17, 15) is 0 Å². The van der Waals surface area contributed by atoms with Gasteiger partial charge in [0.1, 0.15) is 0 Å². The number of rotatable bonds is 0. The van der Waals surface area contributed by atoms with Gasteiger partial charge in [0.15, 0.2) is 0 Å². The first-order chi connectivity index (χ1) is 0. The minimum atomic E-state index is 0. The molecular formula is Cl2HfSi+2. The summed E-state index contributed by atoms with van der Waals surface area (Å²) >= 11 is 0. The maximum atomic E-state index is 0. The predicted octanol–water partition coefficient (Wildman–Crippen LogP) is -6.38. The Labute approximate surface area is 61.4 Å². The van der Waals surface area contributed by atoms with E-state index in [0.717, 1.165) is 0 Å². The van der Waals surface area contributed by atoms with Gasteiger partial charge in [0.2, 0.25) is 0 Å². The van der Waals surface area contributed by atoms with Gasteiger partial charge in [-0.3, -0.25) is 0 Å². The van der Waals surface area contributed by atoms with E-state index in [0.29, 0.717) is 0 Å². The molecule has 0 fully saturated rings. The summed E-state index contributed by atoms with van der Waals surface area (Å²) in [6, 6.07) is 0. The van der Waals surface area contributed by atoms with E-state index in [-0.39, 0.29) is 61.6 Å². The second-order valence-electron chi connectivity index (χ2n) is 0. The van der Waals surface area contributed by atoms with Crippen LogP contribution in [0, 0.1) is 0 Å². The molecule has 0 aromatic heterocycles. The van der Waals surface area contributed by atoms with Crippen molar-refractivity contribution >= 4 is 11.0 Å². The molecule has 4 heteroatoms. The van der Waals surface area contributed by atoms with Crippen molar-refractivity contribution in [3.63, 3.8) is 0 Å². The summed E-state index contributed by atoms with van der Waals surface area (Å²) < 4.78 is 0. The average Bonchev–Trinajstić information content (AvgIpc) is 0. The summed E-state index contributed by atoms with van der Waals surface area (Å²) in [5.41, 5.74) is 0. The first-order valence-electron chi connectivity index (χ1n) is 0. The quantitative estimate of drug-likeness (QED) is 0.387. The van der Waals surface area contributed by atoms with Gasteiger partial charge in [-0.1, -0.05) is 0 Å². The molecule has 0 aliphatic carbocycles. The van der Waals surface area contributed by atoms with Crippen LogP contribution in [0.5, 0.6) is 0 Å². The second-order valence-corrected chi connectivity index (χ2v) is 0. The van der Waals surface area contributed by atoms with Crippen molar-refractivity contribution < 1.29 is 50.7 Å². The first-order valence-corrected chi connectivity index (χ1v) is 0. The van der Waals surface area contributed by atoms with E-state index in [4.69, 9.17) is 0 Å². The van der Waals surface area contributed by atoms with Gasteiger partial charge in [0, 0.05) is 11.0 Å². The molecule has 0 aliphatic rings. The number of hydrogen-bond acceptors (Lipinski definition) is 0. The smallest absolute Gasteiger partial charge is 1.00 e. The Morgan fingerprint density at radius 2 is 0.750 bits per heavy atom. The monoisotopic (exact) mass is 278 g/mol. The molecule has 20 valence electrons. The summed E-state index contributed by atoms with van der Waals surface area (Å²) in [6.45, 7) is 0. The maximum Gasteiger partial charge on any atom is 4.00 e. The Morgan fingerprint density at radius 3 is 0.750 bits per heavy atom. The van der Waals surface area contributed by atoms with E-state index in [2.05, 4.69) is 0 Å². The van der Waals surface area contributed by atoms with Crippen LogP contribution < -0.4 is 24.8 Å². The minimum Gasteiger partial charge on any atom is -1.00 e. The number of halogens is 2. The van der Waals surface area contributed by atoms with Gasteiger partial charge < -0.3 is 24.8 Å². The fraction of sp³-hybridized carbons (Fsp3) is 0. The van der Waals surface area contributed by atoms with Crippen LogP contribution in [0.1, 0.15) is 0 Å². The third-order valence-corrected chi connectivity index (χ3v) is 0. The minimum absolute atomic E-state index is 0. The average molecular weight is 277 g/mol. The summed E-state index contributed by atoms with van der Waals surface area (Å²) in [5, 5.41) is 0. The molecule has 4 radical (unpaired) electrons. The fourth-order valence-corrected chi connectivity index (χ4v) is 0. The van der Waals surface area contributed by atoms with E-state index in [1.807, 2.05) is 0 Å². The molecule has 0 aromatic carbocycles. The van der Waals surface area contributed by atoms with Crippen LogP contribution in [0.25, 0.3) is 0 Å². The van der Waals surface area contributed by atoms with E-state index in [1.165, 1.54) is 0 Å². The molecule has 0 saturated carbocycles. The molecule has 0 rings (SSSR count). The molecule has 0 amide bonds. The maximum absolute atomic E-state index is 0. The van der Waals surface area contributed by atoms with Crippen molar-refractivity contribution in [2.24, 2.45) is 0 Å². The third kappa shape index (κ3) is 9.39. The molecule has 0 atom stereocenters. The molecular weight excluding hydrogens is 277 g/mol. The van der Waals surface area contributed by atoms with Crippen molar-refractivity contribution in [3.05, 3.63) is 0 Å². The molecule has 0 unspecified atom stereocenters. The summed E-state index contributed by atoms with van der Waals surface area (Å²) in [5.74, 6) is 0. The SMILES string of the molecule is [Cl-].[Cl-].[Hf+4].[Si]. The zero-order valence-electron chi connectivity index (χ0n) is 1.76. The summed E-state index contributed by atoms with van der Waals surface area (Å²) in [4.78, 5) is 0. The van der Waals surface area contributed by atoms with Gasteiger partial charge >= 0.3 is 25.8 Å². The molecule has 0 saturated heterocycles. The standard InChI is InChI=1S/2ClH.Hf.Si/h2*1H;;/q;;+4;/p-2. The van der Waals surface area contributed by atoms with Crippen LogP contribution in [-0.4, -0.2) is 11.0 Å². The second kappa shape index (κ2) is 22.6. The van der Waals surface area contributed by atoms with Crippen LogP contribution >= 0.6 is 0 Å². The number of hydrogen-bond donors (Lipinski definition) is 0. The van der Waals surface area contributed by atoms with Gasteiger partial charge in [-0.05, 0) is 0 Å². The van der Waals surface area contributed by atoms with Gasteiger partial charge in [-0.25, -0.2) is 0 Å². The van der Waals surface area contributed by atoms with Crippen LogP contribution in [0.2, 0.25) is 0 Å². The largest absolute Gasteiger partial charge is 4.00 e. The van der Waals surface area contributed by atoms with Crippen molar-refractivity contribution in [3.8, 4) is 0 Å². The Balaban J connectivity index is 0. The topological polar surface area (TPSA) is 0 Å². The van der Waals surface area contributed by atoms with E-state index < -0.39 is 0 Å². The Morgan fingerprint density at radius 1 is 0.750 bits per heavy atom. The fourth-order valence-electron chi connectivity index (χ4n) is 0. The van der Waals surface area contributed by atoms with Crippen LogP contribution in [-0.2, 0) is 25.8 Å². The molecule has 0 nitrogen and oxygen atoms in total. The third-order valence-electron chi connectivity index (χ3n) is 0. The van der Waals surface area contributed by atoms with Gasteiger partial charge in [-0.15, -0.1) is 0 Å². The molecule has 0 aliphatic heterocycles. The van der Waals surface area contributed by atoms with Crippen LogP contribution in [0.15, 0.2) is 0 Å². The van der Waals surface area contributed by atoms with Crippen molar-refractivity contribution in [1.82, 2.24) is 0 Å². The summed E-state index contributed by atoms with van der Waals surface area (Å²) in [7, 11) is 0. The van der Waals surface area contributed by atoms with Crippen LogP contribution in [0.3, 0.4) is 0 Å². The molecule has 0 spiro atoms. The van der Waals surface area contributed by atoms with Crippen molar-refractivity contribution in [1.29, 1.82) is 0 Å². The zero-order chi connectivity index (χ0) is 0. The molecule has 4 heavy (non-hydrogen) atoms. The normalized spacial score (nSPS) is 0. The Kier molecular flexibility index (Phi) is 251. The Bertz CT molecular complexity index is 6.00. The zero-order valence-corrected chi connectivity index (χ0v) is 7.86. The van der Waals surface area contributed by atoms with E-state index >= 15 is 0 Å². The van der Waals surface area contributed by atoms with Crippen molar-refractivity contribution in [2.75, 3.05) is 0 Å². The van der Waals surface area contributed by atoms with Crippen LogP contribution in [0.4, 0.5) is 0 Å². The first kappa shape index (κ1) is 44.4. The molecule has 0 heterocycles. The predicted molar refractivity (Wildman–Crippen MR) is 5.75 cm³/mol. The molecule has 0 aromatic rings. The van der Waals surface area contributed by atoms with Gasteiger partial charge in [-0.2, -0.15) is 0 Å². The van der Waals surface area contributed by atoms with Crippen molar-refractivity contribution in [2.45, 2.75) is 0 Å². The molecule has 0 N–H and O–H groups in total. The van der Waals surface area contributed by atoms with E-state index in [1.54, 1.807) is 0 Å². The Hall–Kier alpha value is 1.67. The van der Waals surface area contributed by atoms with Gasteiger partial charge in [0.05, 0.1) is 0 Å². The molecule has 0 bridgehead atoms.